The Labute approximate surface area is 149 Å². The van der Waals surface area contributed by atoms with Crippen LogP contribution in [0.15, 0.2) is 54.9 Å². The SMILES string of the molecule is O=C(COC(=O)Cn1cnc2ccccc21)NCc1ccccc1Cl. The van der Waals surface area contributed by atoms with Crippen LogP contribution >= 0.6 is 11.6 Å². The molecule has 128 valence electrons. The molecule has 1 amide bonds. The summed E-state index contributed by atoms with van der Waals surface area (Å²) >= 11 is 6.02. The number of amides is 1. The Hall–Kier alpha value is -2.86. The molecule has 3 aromatic rings. The number of hydrogen-bond acceptors (Lipinski definition) is 4. The molecular weight excluding hydrogens is 342 g/mol. The van der Waals surface area contributed by atoms with E-state index in [0.717, 1.165) is 16.6 Å². The lowest BCUT2D eigenvalue weighted by atomic mass is 10.2. The fourth-order valence-corrected chi connectivity index (χ4v) is 2.56. The maximum atomic E-state index is 11.9. The van der Waals surface area contributed by atoms with Gasteiger partial charge in [0.2, 0.25) is 0 Å². The van der Waals surface area contributed by atoms with E-state index in [9.17, 15) is 9.59 Å². The van der Waals surface area contributed by atoms with Crippen molar-refractivity contribution in [2.45, 2.75) is 13.1 Å². The number of rotatable bonds is 6. The molecule has 0 aliphatic carbocycles. The number of para-hydroxylation sites is 2. The van der Waals surface area contributed by atoms with Crippen LogP contribution in [0, 0.1) is 0 Å². The lowest BCUT2D eigenvalue weighted by molar-refractivity contribution is -0.149. The number of nitrogens with zero attached hydrogens (tertiary/aromatic N) is 2. The molecular formula is C18H16ClN3O3. The molecule has 0 aliphatic heterocycles. The minimum atomic E-state index is -0.504. The number of nitrogens with one attached hydrogen (secondary N) is 1. The van der Waals surface area contributed by atoms with Gasteiger partial charge in [0.1, 0.15) is 6.54 Å². The molecule has 6 nitrogen and oxygen atoms in total. The first-order valence-electron chi connectivity index (χ1n) is 7.69. The highest BCUT2D eigenvalue weighted by atomic mass is 35.5. The zero-order valence-electron chi connectivity index (χ0n) is 13.3. The molecule has 1 aromatic heterocycles. The first-order valence-corrected chi connectivity index (χ1v) is 8.07. The first-order chi connectivity index (χ1) is 12.1. The van der Waals surface area contributed by atoms with E-state index in [1.54, 1.807) is 17.0 Å². The van der Waals surface area contributed by atoms with Gasteiger partial charge >= 0.3 is 5.97 Å². The molecule has 0 atom stereocenters. The molecule has 1 N–H and O–H groups in total. The maximum Gasteiger partial charge on any atom is 0.326 e. The summed E-state index contributed by atoms with van der Waals surface area (Å²) in [7, 11) is 0. The number of carbonyl (C=O) groups is 2. The van der Waals surface area contributed by atoms with Gasteiger partial charge in [-0.3, -0.25) is 9.59 Å². The molecule has 25 heavy (non-hydrogen) atoms. The van der Waals surface area contributed by atoms with Crippen LogP contribution in [0.25, 0.3) is 11.0 Å². The van der Waals surface area contributed by atoms with Crippen molar-refractivity contribution in [3.8, 4) is 0 Å². The lowest BCUT2D eigenvalue weighted by Crippen LogP contribution is -2.29. The number of aromatic nitrogens is 2. The number of ether oxygens (including phenoxy) is 1. The molecule has 0 bridgehead atoms. The second-order valence-corrected chi connectivity index (χ2v) is 5.80. The summed E-state index contributed by atoms with van der Waals surface area (Å²) in [4.78, 5) is 27.9. The number of imidazole rings is 1. The summed E-state index contributed by atoms with van der Waals surface area (Å²) in [6.45, 7) is -0.0591. The summed E-state index contributed by atoms with van der Waals surface area (Å²) in [6, 6.07) is 14.7. The Morgan fingerprint density at radius 2 is 1.88 bits per heavy atom. The van der Waals surface area contributed by atoms with Crippen LogP contribution in [0.2, 0.25) is 5.02 Å². The molecule has 3 rings (SSSR count). The predicted octanol–water partition coefficient (Wildman–Crippen LogP) is 2.55. The van der Waals surface area contributed by atoms with E-state index in [-0.39, 0.29) is 25.6 Å². The third kappa shape index (κ3) is 4.36. The summed E-state index contributed by atoms with van der Waals surface area (Å²) < 4.78 is 6.69. The van der Waals surface area contributed by atoms with Crippen LogP contribution in [0.3, 0.4) is 0 Å². The van der Waals surface area contributed by atoms with Crippen molar-refractivity contribution in [3.63, 3.8) is 0 Å². The fourth-order valence-electron chi connectivity index (χ4n) is 2.35. The average Bonchev–Trinajstić information content (AvgIpc) is 3.02. The van der Waals surface area contributed by atoms with E-state index in [1.807, 2.05) is 42.5 Å². The smallest absolute Gasteiger partial charge is 0.326 e. The minimum absolute atomic E-state index is 0.00168. The Balaban J connectivity index is 1.47. The number of fused-ring (bicyclic) bond motifs is 1. The Bertz CT molecular complexity index is 907. The molecule has 0 spiro atoms. The fraction of sp³-hybridized carbons (Fsp3) is 0.167. The number of esters is 1. The second kappa shape index (κ2) is 7.81. The monoisotopic (exact) mass is 357 g/mol. The third-order valence-electron chi connectivity index (χ3n) is 3.62. The Morgan fingerprint density at radius 1 is 1.12 bits per heavy atom. The van der Waals surface area contributed by atoms with Crippen LogP contribution in [-0.4, -0.2) is 28.0 Å². The summed E-state index contributed by atoms with van der Waals surface area (Å²) in [5.41, 5.74) is 2.43. The van der Waals surface area contributed by atoms with Gasteiger partial charge in [0, 0.05) is 11.6 Å². The van der Waals surface area contributed by atoms with Crippen LogP contribution in [0.1, 0.15) is 5.56 Å². The Kier molecular flexibility index (Phi) is 5.30. The molecule has 2 aromatic carbocycles. The lowest BCUT2D eigenvalue weighted by Gasteiger charge is -2.08. The zero-order valence-corrected chi connectivity index (χ0v) is 14.1. The molecule has 0 saturated carbocycles. The van der Waals surface area contributed by atoms with Crippen molar-refractivity contribution in [1.82, 2.24) is 14.9 Å². The molecule has 7 heteroatoms. The molecule has 0 aliphatic rings. The minimum Gasteiger partial charge on any atom is -0.454 e. The normalized spacial score (nSPS) is 10.6. The van der Waals surface area contributed by atoms with Crippen LogP contribution in [0.4, 0.5) is 0 Å². The van der Waals surface area contributed by atoms with E-state index in [1.165, 1.54) is 0 Å². The van der Waals surface area contributed by atoms with Crippen molar-refractivity contribution in [2.24, 2.45) is 0 Å². The van der Waals surface area contributed by atoms with E-state index in [0.29, 0.717) is 5.02 Å². The van der Waals surface area contributed by atoms with Crippen LogP contribution in [0.5, 0.6) is 0 Å². The standard InChI is InChI=1S/C18H16ClN3O3/c19-14-6-2-1-5-13(14)9-20-17(23)11-25-18(24)10-22-12-21-15-7-3-4-8-16(15)22/h1-8,12H,9-11H2,(H,20,23). The molecule has 0 saturated heterocycles. The van der Waals surface area contributed by atoms with Gasteiger partial charge in [0.05, 0.1) is 17.4 Å². The highest BCUT2D eigenvalue weighted by Gasteiger charge is 2.11. The van der Waals surface area contributed by atoms with Gasteiger partial charge < -0.3 is 14.6 Å². The molecule has 0 fully saturated rings. The van der Waals surface area contributed by atoms with Crippen molar-refractivity contribution in [1.29, 1.82) is 0 Å². The van der Waals surface area contributed by atoms with Gasteiger partial charge in [-0.15, -0.1) is 0 Å². The van der Waals surface area contributed by atoms with E-state index in [4.69, 9.17) is 16.3 Å². The largest absolute Gasteiger partial charge is 0.454 e. The molecule has 0 radical (unpaired) electrons. The van der Waals surface area contributed by atoms with E-state index >= 15 is 0 Å². The maximum absolute atomic E-state index is 11.9. The van der Waals surface area contributed by atoms with Crippen LogP contribution in [-0.2, 0) is 27.4 Å². The summed E-state index contributed by atoms with van der Waals surface area (Å²) in [6.07, 6.45) is 1.57. The van der Waals surface area contributed by atoms with E-state index < -0.39 is 5.97 Å². The van der Waals surface area contributed by atoms with Gasteiger partial charge in [-0.05, 0) is 23.8 Å². The first kappa shape index (κ1) is 17.0. The van der Waals surface area contributed by atoms with Crippen LogP contribution < -0.4 is 5.32 Å². The quantitative estimate of drug-likeness (QED) is 0.688. The van der Waals surface area contributed by atoms with Gasteiger partial charge in [0.25, 0.3) is 5.91 Å². The molecule has 0 unspecified atom stereocenters. The van der Waals surface area contributed by atoms with Crippen molar-refractivity contribution in [2.75, 3.05) is 6.61 Å². The van der Waals surface area contributed by atoms with Gasteiger partial charge in [0.15, 0.2) is 6.61 Å². The van der Waals surface area contributed by atoms with Gasteiger partial charge in [-0.1, -0.05) is 41.9 Å². The van der Waals surface area contributed by atoms with Gasteiger partial charge in [-0.2, -0.15) is 0 Å². The summed E-state index contributed by atoms with van der Waals surface area (Å²) in [5, 5.41) is 3.24. The number of halogens is 1. The predicted molar refractivity (Wildman–Crippen MR) is 94.0 cm³/mol. The highest BCUT2D eigenvalue weighted by molar-refractivity contribution is 6.31. The summed E-state index contributed by atoms with van der Waals surface area (Å²) in [5.74, 6) is -0.889. The third-order valence-corrected chi connectivity index (χ3v) is 3.99. The van der Waals surface area contributed by atoms with Crippen molar-refractivity contribution < 1.29 is 14.3 Å². The average molecular weight is 358 g/mol. The van der Waals surface area contributed by atoms with Crippen molar-refractivity contribution in [3.05, 3.63) is 65.4 Å². The topological polar surface area (TPSA) is 73.2 Å². The van der Waals surface area contributed by atoms with E-state index in [2.05, 4.69) is 10.3 Å². The highest BCUT2D eigenvalue weighted by Crippen LogP contribution is 2.14. The zero-order chi connectivity index (χ0) is 17.6. The number of hydrogen-bond donors (Lipinski definition) is 1. The van der Waals surface area contributed by atoms with Gasteiger partial charge in [-0.25, -0.2) is 4.98 Å². The molecule has 1 heterocycles. The number of benzene rings is 2. The Morgan fingerprint density at radius 3 is 2.72 bits per heavy atom. The second-order valence-electron chi connectivity index (χ2n) is 5.39. The van der Waals surface area contributed by atoms with Crippen molar-refractivity contribution >= 4 is 34.5 Å². The number of carbonyl (C=O) groups excluding carboxylic acids is 2.